The highest BCUT2D eigenvalue weighted by Crippen LogP contribution is 2.17. The number of rotatable bonds is 4. The minimum atomic E-state index is 0.973. The Balaban J connectivity index is 2.83. The van der Waals surface area contributed by atoms with Gasteiger partial charge in [-0.3, -0.25) is 0 Å². The molecule has 0 radical (unpaired) electrons. The molecule has 0 amide bonds. The Bertz CT molecular complexity index is 281. The normalized spacial score (nSPS) is 10.8. The number of nitrogens with zero attached hydrogens (tertiary/aromatic N) is 2. The Morgan fingerprint density at radius 2 is 2.23 bits per heavy atom. The number of hydrogen-bond acceptors (Lipinski definition) is 2. The van der Waals surface area contributed by atoms with Crippen LogP contribution in [0.5, 0.6) is 0 Å². The third-order valence-corrected chi connectivity index (χ3v) is 2.83. The third kappa shape index (κ3) is 2.31. The van der Waals surface area contributed by atoms with Gasteiger partial charge in [0, 0.05) is 20.0 Å². The lowest BCUT2D eigenvalue weighted by Gasteiger charge is -2.03. The molecule has 0 bridgehead atoms. The van der Waals surface area contributed by atoms with Crippen molar-refractivity contribution in [2.75, 3.05) is 13.6 Å². The highest BCUT2D eigenvalue weighted by atomic mass is 79.9. The first-order valence-corrected chi connectivity index (χ1v) is 5.34. The van der Waals surface area contributed by atoms with Crippen molar-refractivity contribution < 1.29 is 0 Å². The lowest BCUT2D eigenvalue weighted by atomic mass is 10.3. The number of imidazole rings is 1. The summed E-state index contributed by atoms with van der Waals surface area (Å²) in [6, 6.07) is 0. The van der Waals surface area contributed by atoms with E-state index in [0.29, 0.717) is 0 Å². The van der Waals surface area contributed by atoms with Crippen LogP contribution in [0.2, 0.25) is 0 Å². The van der Waals surface area contributed by atoms with Gasteiger partial charge in [0.25, 0.3) is 0 Å². The van der Waals surface area contributed by atoms with E-state index >= 15 is 0 Å². The summed E-state index contributed by atoms with van der Waals surface area (Å²) in [4.78, 5) is 4.46. The van der Waals surface area contributed by atoms with Crippen molar-refractivity contribution in [3.8, 4) is 0 Å². The van der Waals surface area contributed by atoms with Crippen molar-refractivity contribution >= 4 is 15.9 Å². The van der Waals surface area contributed by atoms with Gasteiger partial charge in [0.1, 0.15) is 10.4 Å². The van der Waals surface area contributed by atoms with Crippen LogP contribution in [0, 0.1) is 0 Å². The molecule has 0 unspecified atom stereocenters. The Kier molecular flexibility index (Phi) is 3.93. The van der Waals surface area contributed by atoms with Crippen LogP contribution in [0.15, 0.2) is 4.60 Å². The molecule has 1 N–H and O–H groups in total. The zero-order valence-corrected chi connectivity index (χ0v) is 9.98. The van der Waals surface area contributed by atoms with E-state index in [1.54, 1.807) is 0 Å². The van der Waals surface area contributed by atoms with Gasteiger partial charge in [-0.25, -0.2) is 4.98 Å². The number of likely N-dealkylation sites (N-methyl/N-ethyl adjacent to an activating group) is 1. The van der Waals surface area contributed by atoms with E-state index in [-0.39, 0.29) is 0 Å². The molecule has 1 aromatic heterocycles. The van der Waals surface area contributed by atoms with Crippen LogP contribution in [0.1, 0.15) is 18.4 Å². The summed E-state index contributed by atoms with van der Waals surface area (Å²) in [5.41, 5.74) is 1.27. The first kappa shape index (κ1) is 10.7. The molecule has 1 heterocycles. The minimum absolute atomic E-state index is 0.973. The molecule has 0 aromatic carbocycles. The zero-order chi connectivity index (χ0) is 9.84. The summed E-state index contributed by atoms with van der Waals surface area (Å²) < 4.78 is 3.16. The van der Waals surface area contributed by atoms with Crippen molar-refractivity contribution in [2.45, 2.75) is 19.8 Å². The standard InChI is InChI=1S/C9H16BrN3/c1-4-7-9(10)12-8(13(7)3)5-6-11-2/h11H,4-6H2,1-3H3. The Morgan fingerprint density at radius 1 is 1.54 bits per heavy atom. The monoisotopic (exact) mass is 245 g/mol. The fourth-order valence-electron chi connectivity index (χ4n) is 1.39. The van der Waals surface area contributed by atoms with Crippen molar-refractivity contribution in [2.24, 2.45) is 7.05 Å². The number of aromatic nitrogens is 2. The molecule has 0 atom stereocenters. The molecule has 1 aromatic rings. The topological polar surface area (TPSA) is 29.9 Å². The van der Waals surface area contributed by atoms with Crippen molar-refractivity contribution in [1.82, 2.24) is 14.9 Å². The van der Waals surface area contributed by atoms with E-state index in [1.165, 1.54) is 5.69 Å². The molecular formula is C9H16BrN3. The molecule has 0 spiro atoms. The first-order chi connectivity index (χ1) is 6.20. The number of halogens is 1. The fourth-order valence-corrected chi connectivity index (χ4v) is 2.14. The zero-order valence-electron chi connectivity index (χ0n) is 8.39. The molecular weight excluding hydrogens is 230 g/mol. The highest BCUT2D eigenvalue weighted by Gasteiger charge is 2.09. The van der Waals surface area contributed by atoms with Crippen LogP contribution in [0.3, 0.4) is 0 Å². The quantitative estimate of drug-likeness (QED) is 0.872. The number of nitrogens with one attached hydrogen (secondary N) is 1. The third-order valence-electron chi connectivity index (χ3n) is 2.19. The lowest BCUT2D eigenvalue weighted by Crippen LogP contribution is -2.13. The molecule has 1 rings (SSSR count). The second-order valence-corrected chi connectivity index (χ2v) is 3.78. The molecule has 3 nitrogen and oxygen atoms in total. The molecule has 0 aliphatic rings. The summed E-state index contributed by atoms with van der Waals surface area (Å²) in [6.45, 7) is 3.12. The van der Waals surface area contributed by atoms with E-state index in [1.807, 2.05) is 7.05 Å². The maximum Gasteiger partial charge on any atom is 0.127 e. The van der Waals surface area contributed by atoms with Crippen LogP contribution >= 0.6 is 15.9 Å². The lowest BCUT2D eigenvalue weighted by molar-refractivity contribution is 0.702. The minimum Gasteiger partial charge on any atom is -0.334 e. The first-order valence-electron chi connectivity index (χ1n) is 4.55. The van der Waals surface area contributed by atoms with Gasteiger partial charge in [0.15, 0.2) is 0 Å². The van der Waals surface area contributed by atoms with E-state index in [4.69, 9.17) is 0 Å². The van der Waals surface area contributed by atoms with Crippen LogP contribution < -0.4 is 5.32 Å². The molecule has 0 saturated carbocycles. The van der Waals surface area contributed by atoms with Gasteiger partial charge < -0.3 is 9.88 Å². The summed E-state index contributed by atoms with van der Waals surface area (Å²) in [5, 5.41) is 3.12. The smallest absolute Gasteiger partial charge is 0.127 e. The second kappa shape index (κ2) is 4.77. The predicted molar refractivity (Wildman–Crippen MR) is 57.9 cm³/mol. The predicted octanol–water partition coefficient (Wildman–Crippen LogP) is 1.51. The van der Waals surface area contributed by atoms with Crippen LogP contribution in [0.4, 0.5) is 0 Å². The Hall–Kier alpha value is -0.350. The van der Waals surface area contributed by atoms with Gasteiger partial charge in [0.2, 0.25) is 0 Å². The van der Waals surface area contributed by atoms with Crippen molar-refractivity contribution in [3.05, 3.63) is 16.1 Å². The summed E-state index contributed by atoms with van der Waals surface area (Å²) in [5.74, 6) is 1.14. The van der Waals surface area contributed by atoms with E-state index in [2.05, 4.69) is 44.8 Å². The maximum atomic E-state index is 4.46. The molecule has 74 valence electrons. The van der Waals surface area contributed by atoms with Gasteiger partial charge in [-0.05, 0) is 29.4 Å². The van der Waals surface area contributed by atoms with Crippen LogP contribution in [-0.2, 0) is 19.9 Å². The van der Waals surface area contributed by atoms with E-state index < -0.39 is 0 Å². The molecule has 13 heavy (non-hydrogen) atoms. The largest absolute Gasteiger partial charge is 0.334 e. The Labute approximate surface area is 87.7 Å². The van der Waals surface area contributed by atoms with Gasteiger partial charge in [-0.15, -0.1) is 0 Å². The van der Waals surface area contributed by atoms with E-state index in [0.717, 1.165) is 29.8 Å². The van der Waals surface area contributed by atoms with Crippen molar-refractivity contribution in [1.29, 1.82) is 0 Å². The van der Waals surface area contributed by atoms with Gasteiger partial charge in [0.05, 0.1) is 5.69 Å². The van der Waals surface area contributed by atoms with Crippen molar-refractivity contribution in [3.63, 3.8) is 0 Å². The molecule has 0 aliphatic carbocycles. The molecule has 0 saturated heterocycles. The maximum absolute atomic E-state index is 4.46. The summed E-state index contributed by atoms with van der Waals surface area (Å²) in [6.07, 6.45) is 2.00. The number of hydrogen-bond donors (Lipinski definition) is 1. The fraction of sp³-hybridized carbons (Fsp3) is 0.667. The van der Waals surface area contributed by atoms with E-state index in [9.17, 15) is 0 Å². The molecule has 0 aliphatic heterocycles. The van der Waals surface area contributed by atoms with Gasteiger partial charge >= 0.3 is 0 Å². The SMILES string of the molecule is CCc1c(Br)nc(CCNC)n1C. The summed E-state index contributed by atoms with van der Waals surface area (Å²) in [7, 11) is 4.03. The van der Waals surface area contributed by atoms with Gasteiger partial charge in [-0.2, -0.15) is 0 Å². The average Bonchev–Trinajstić information content (AvgIpc) is 2.38. The average molecular weight is 246 g/mol. The van der Waals surface area contributed by atoms with Gasteiger partial charge in [-0.1, -0.05) is 6.92 Å². The Morgan fingerprint density at radius 3 is 2.69 bits per heavy atom. The second-order valence-electron chi connectivity index (χ2n) is 3.03. The molecule has 4 heteroatoms. The van der Waals surface area contributed by atoms with Crippen LogP contribution in [0.25, 0.3) is 0 Å². The highest BCUT2D eigenvalue weighted by molar-refractivity contribution is 9.10. The van der Waals surface area contributed by atoms with Crippen LogP contribution in [-0.4, -0.2) is 23.1 Å². The summed E-state index contributed by atoms with van der Waals surface area (Å²) >= 11 is 3.47. The molecule has 0 fully saturated rings.